The van der Waals surface area contributed by atoms with E-state index in [4.69, 9.17) is 11.6 Å². The standard InChI is InChI=1S/C17H23ClN2O2/c18-13-4-1-3-12(11-13)16-5-2-10-20(16)17(22)19-14-6-8-15(21)9-7-14/h1,3-4,11,14-16,21H,2,5-10H2,(H,19,22). The van der Waals surface area contributed by atoms with Gasteiger partial charge in [-0.3, -0.25) is 0 Å². The number of likely N-dealkylation sites (tertiary alicyclic amines) is 1. The van der Waals surface area contributed by atoms with Crippen molar-refractivity contribution in [2.75, 3.05) is 6.54 Å². The highest BCUT2D eigenvalue weighted by atomic mass is 35.5. The Bertz CT molecular complexity index is 529. The molecule has 0 bridgehead atoms. The maximum atomic E-state index is 12.6. The Hall–Kier alpha value is -1.26. The first-order valence-electron chi connectivity index (χ1n) is 8.14. The van der Waals surface area contributed by atoms with Crippen LogP contribution >= 0.6 is 11.6 Å². The van der Waals surface area contributed by atoms with E-state index in [1.807, 2.05) is 29.2 Å². The zero-order valence-corrected chi connectivity index (χ0v) is 13.4. The van der Waals surface area contributed by atoms with Gasteiger partial charge in [-0.1, -0.05) is 23.7 Å². The Balaban J connectivity index is 1.64. The van der Waals surface area contributed by atoms with E-state index in [1.54, 1.807) is 0 Å². The molecule has 120 valence electrons. The summed E-state index contributed by atoms with van der Waals surface area (Å²) in [6.07, 6.45) is 5.10. The number of hydrogen-bond acceptors (Lipinski definition) is 2. The van der Waals surface area contributed by atoms with Gasteiger partial charge in [0.1, 0.15) is 0 Å². The van der Waals surface area contributed by atoms with Crippen LogP contribution in [0, 0.1) is 0 Å². The number of nitrogens with one attached hydrogen (secondary N) is 1. The third kappa shape index (κ3) is 3.55. The molecule has 5 heteroatoms. The molecule has 0 spiro atoms. The number of aliphatic hydroxyl groups is 1. The van der Waals surface area contributed by atoms with Gasteiger partial charge in [0.2, 0.25) is 0 Å². The molecule has 1 aromatic carbocycles. The smallest absolute Gasteiger partial charge is 0.318 e. The molecule has 1 heterocycles. The second kappa shape index (κ2) is 6.88. The highest BCUT2D eigenvalue weighted by Gasteiger charge is 2.31. The molecule has 0 radical (unpaired) electrons. The topological polar surface area (TPSA) is 52.6 Å². The fraction of sp³-hybridized carbons (Fsp3) is 0.588. The van der Waals surface area contributed by atoms with E-state index < -0.39 is 0 Å². The molecule has 4 nitrogen and oxygen atoms in total. The summed E-state index contributed by atoms with van der Waals surface area (Å²) in [7, 11) is 0. The normalized spacial score (nSPS) is 28.6. The molecule has 1 aliphatic carbocycles. The van der Waals surface area contributed by atoms with Gasteiger partial charge in [-0.05, 0) is 56.2 Å². The maximum absolute atomic E-state index is 12.6. The van der Waals surface area contributed by atoms with Gasteiger partial charge in [0.25, 0.3) is 0 Å². The van der Waals surface area contributed by atoms with E-state index in [2.05, 4.69) is 5.32 Å². The molecule has 3 rings (SSSR count). The minimum atomic E-state index is -0.195. The van der Waals surface area contributed by atoms with Crippen molar-refractivity contribution in [3.63, 3.8) is 0 Å². The molecule has 2 amide bonds. The third-order valence-electron chi connectivity index (χ3n) is 4.77. The molecule has 1 saturated carbocycles. The minimum Gasteiger partial charge on any atom is -0.393 e. The van der Waals surface area contributed by atoms with Crippen molar-refractivity contribution < 1.29 is 9.90 Å². The van der Waals surface area contributed by atoms with Crippen LogP contribution in [0.1, 0.15) is 50.1 Å². The summed E-state index contributed by atoms with van der Waals surface area (Å²) in [6.45, 7) is 0.790. The van der Waals surface area contributed by atoms with Gasteiger partial charge < -0.3 is 15.3 Å². The van der Waals surface area contributed by atoms with Gasteiger partial charge in [0.15, 0.2) is 0 Å². The number of halogens is 1. The fourth-order valence-electron chi connectivity index (χ4n) is 3.55. The SMILES string of the molecule is O=C(NC1CCC(O)CC1)N1CCCC1c1cccc(Cl)c1. The summed E-state index contributed by atoms with van der Waals surface area (Å²) in [4.78, 5) is 14.5. The molecule has 1 atom stereocenters. The number of amides is 2. The van der Waals surface area contributed by atoms with Crippen LogP contribution in [0.4, 0.5) is 4.79 Å². The monoisotopic (exact) mass is 322 g/mol. The lowest BCUT2D eigenvalue weighted by atomic mass is 9.93. The second-order valence-corrected chi connectivity index (χ2v) is 6.80. The number of carbonyl (C=O) groups is 1. The van der Waals surface area contributed by atoms with Crippen molar-refractivity contribution in [2.24, 2.45) is 0 Å². The van der Waals surface area contributed by atoms with Gasteiger partial charge in [-0.15, -0.1) is 0 Å². The lowest BCUT2D eigenvalue weighted by Crippen LogP contribution is -2.46. The van der Waals surface area contributed by atoms with E-state index in [1.165, 1.54) is 0 Å². The summed E-state index contributed by atoms with van der Waals surface area (Å²) in [5, 5.41) is 13.4. The first-order chi connectivity index (χ1) is 10.6. The third-order valence-corrected chi connectivity index (χ3v) is 5.01. The van der Waals surface area contributed by atoms with Gasteiger partial charge in [-0.2, -0.15) is 0 Å². The van der Waals surface area contributed by atoms with Crippen LogP contribution in [0.3, 0.4) is 0 Å². The van der Waals surface area contributed by atoms with E-state index >= 15 is 0 Å². The lowest BCUT2D eigenvalue weighted by molar-refractivity contribution is 0.114. The van der Waals surface area contributed by atoms with Crippen molar-refractivity contribution in [1.29, 1.82) is 0 Å². The Morgan fingerprint density at radius 2 is 2.00 bits per heavy atom. The molecule has 0 aromatic heterocycles. The average molecular weight is 323 g/mol. The predicted molar refractivity (Wildman–Crippen MR) is 86.9 cm³/mol. The number of hydrogen-bond donors (Lipinski definition) is 2. The van der Waals surface area contributed by atoms with Gasteiger partial charge in [0.05, 0.1) is 12.1 Å². The number of urea groups is 1. The van der Waals surface area contributed by atoms with E-state index in [0.29, 0.717) is 5.02 Å². The van der Waals surface area contributed by atoms with Crippen molar-refractivity contribution in [3.05, 3.63) is 34.9 Å². The minimum absolute atomic E-state index is 0.0175. The van der Waals surface area contributed by atoms with Crippen LogP contribution in [0.5, 0.6) is 0 Å². The Morgan fingerprint density at radius 1 is 1.23 bits per heavy atom. The number of carbonyl (C=O) groups excluding carboxylic acids is 1. The Labute approximate surface area is 136 Å². The van der Waals surface area contributed by atoms with Gasteiger partial charge in [-0.25, -0.2) is 4.79 Å². The zero-order valence-electron chi connectivity index (χ0n) is 12.7. The molecule has 2 fully saturated rings. The van der Waals surface area contributed by atoms with Crippen LogP contribution in [-0.2, 0) is 0 Å². The number of aliphatic hydroxyl groups excluding tert-OH is 1. The molecule has 1 aliphatic heterocycles. The highest BCUT2D eigenvalue weighted by Crippen LogP contribution is 2.33. The molecule has 1 unspecified atom stereocenters. The number of rotatable bonds is 2. The van der Waals surface area contributed by atoms with Crippen LogP contribution < -0.4 is 5.32 Å². The highest BCUT2D eigenvalue weighted by molar-refractivity contribution is 6.30. The number of benzene rings is 1. The van der Waals surface area contributed by atoms with E-state index in [-0.39, 0.29) is 24.2 Å². The zero-order chi connectivity index (χ0) is 15.5. The summed E-state index contributed by atoms with van der Waals surface area (Å²) in [5.74, 6) is 0. The van der Waals surface area contributed by atoms with Crippen LogP contribution in [0.15, 0.2) is 24.3 Å². The molecule has 2 N–H and O–H groups in total. The molecule has 1 saturated heterocycles. The summed E-state index contributed by atoms with van der Waals surface area (Å²) >= 11 is 6.08. The van der Waals surface area contributed by atoms with Crippen LogP contribution in [0.2, 0.25) is 5.02 Å². The first kappa shape index (κ1) is 15.6. The Morgan fingerprint density at radius 3 is 2.73 bits per heavy atom. The molecular weight excluding hydrogens is 300 g/mol. The quantitative estimate of drug-likeness (QED) is 0.875. The van der Waals surface area contributed by atoms with Gasteiger partial charge in [0, 0.05) is 17.6 Å². The summed E-state index contributed by atoms with van der Waals surface area (Å²) in [5.41, 5.74) is 1.11. The lowest BCUT2D eigenvalue weighted by Gasteiger charge is -2.31. The van der Waals surface area contributed by atoms with E-state index in [0.717, 1.165) is 50.6 Å². The maximum Gasteiger partial charge on any atom is 0.318 e. The average Bonchev–Trinajstić information content (AvgIpc) is 2.99. The predicted octanol–water partition coefficient (Wildman–Crippen LogP) is 3.49. The van der Waals surface area contributed by atoms with Crippen molar-refractivity contribution in [2.45, 2.75) is 56.7 Å². The molecular formula is C17H23ClN2O2. The summed E-state index contributed by atoms with van der Waals surface area (Å²) < 4.78 is 0. The Kier molecular flexibility index (Phi) is 4.89. The molecule has 2 aliphatic rings. The van der Waals surface area contributed by atoms with E-state index in [9.17, 15) is 9.90 Å². The first-order valence-corrected chi connectivity index (χ1v) is 8.52. The van der Waals surface area contributed by atoms with Crippen LogP contribution in [0.25, 0.3) is 0 Å². The molecule has 22 heavy (non-hydrogen) atoms. The number of nitrogens with zero attached hydrogens (tertiary/aromatic N) is 1. The van der Waals surface area contributed by atoms with Crippen molar-refractivity contribution in [3.8, 4) is 0 Å². The fourth-order valence-corrected chi connectivity index (χ4v) is 3.75. The largest absolute Gasteiger partial charge is 0.393 e. The molecule has 1 aromatic rings. The second-order valence-electron chi connectivity index (χ2n) is 6.36. The summed E-state index contributed by atoms with van der Waals surface area (Å²) in [6, 6.07) is 8.12. The van der Waals surface area contributed by atoms with Crippen LogP contribution in [-0.4, -0.2) is 34.7 Å². The van der Waals surface area contributed by atoms with Crippen molar-refractivity contribution >= 4 is 17.6 Å². The van der Waals surface area contributed by atoms with Crippen molar-refractivity contribution in [1.82, 2.24) is 10.2 Å². The van der Waals surface area contributed by atoms with Gasteiger partial charge >= 0.3 is 6.03 Å².